The van der Waals surface area contributed by atoms with E-state index in [0.29, 0.717) is 27.2 Å². The number of esters is 1. The largest absolute Gasteiger partial charge is 0.465 e. The molecule has 37 heavy (non-hydrogen) atoms. The second kappa shape index (κ2) is 10.2. The smallest absolute Gasteiger partial charge is 0.416 e. The van der Waals surface area contributed by atoms with Crippen molar-refractivity contribution >= 4 is 45.8 Å². The van der Waals surface area contributed by atoms with Crippen LogP contribution in [-0.4, -0.2) is 23.6 Å². The highest BCUT2D eigenvalue weighted by atomic mass is 35.5. The molecule has 0 aliphatic heterocycles. The molecule has 3 aromatic carbocycles. The molecule has 0 spiro atoms. The van der Waals surface area contributed by atoms with Crippen molar-refractivity contribution in [2.75, 3.05) is 12.4 Å². The van der Waals surface area contributed by atoms with E-state index in [0.717, 1.165) is 17.7 Å². The van der Waals surface area contributed by atoms with Crippen LogP contribution in [0.25, 0.3) is 10.9 Å². The highest BCUT2D eigenvalue weighted by Crippen LogP contribution is 2.36. The van der Waals surface area contributed by atoms with Crippen LogP contribution in [0.1, 0.15) is 44.9 Å². The number of anilines is 2. The number of hydrogen-bond acceptors (Lipinski definition) is 4. The molecule has 4 aromatic rings. The lowest BCUT2D eigenvalue weighted by Gasteiger charge is -2.17. The number of carbonyl (C=O) groups is 2. The van der Waals surface area contributed by atoms with Gasteiger partial charge in [0.1, 0.15) is 5.69 Å². The molecule has 1 unspecified atom stereocenters. The van der Waals surface area contributed by atoms with Gasteiger partial charge >= 0.3 is 12.1 Å². The fourth-order valence-corrected chi connectivity index (χ4v) is 4.27. The van der Waals surface area contributed by atoms with Gasteiger partial charge in [-0.2, -0.15) is 13.2 Å². The number of ether oxygens (including phenoxy) is 1. The number of nitrogens with zero attached hydrogens (tertiary/aromatic N) is 1. The van der Waals surface area contributed by atoms with Crippen molar-refractivity contribution in [2.24, 2.45) is 7.05 Å². The Morgan fingerprint density at radius 3 is 2.38 bits per heavy atom. The third-order valence-electron chi connectivity index (χ3n) is 6.02. The molecule has 0 bridgehead atoms. The molecule has 0 radical (unpaired) electrons. The molecule has 0 saturated heterocycles. The van der Waals surface area contributed by atoms with Crippen molar-refractivity contribution < 1.29 is 27.5 Å². The molecule has 0 aliphatic carbocycles. The summed E-state index contributed by atoms with van der Waals surface area (Å²) in [5.41, 5.74) is 1.68. The summed E-state index contributed by atoms with van der Waals surface area (Å²) in [5, 5.41) is 6.92. The van der Waals surface area contributed by atoms with E-state index in [-0.39, 0.29) is 11.4 Å². The number of aromatic nitrogens is 1. The normalized spacial score (nSPS) is 12.3. The first-order chi connectivity index (χ1) is 17.5. The van der Waals surface area contributed by atoms with Gasteiger partial charge in [-0.25, -0.2) is 4.79 Å². The summed E-state index contributed by atoms with van der Waals surface area (Å²) in [4.78, 5) is 25.2. The lowest BCUT2D eigenvalue weighted by atomic mass is 10.1. The maximum atomic E-state index is 13.5. The van der Waals surface area contributed by atoms with Gasteiger partial charge in [-0.05, 0) is 61.0 Å². The molecule has 0 aliphatic rings. The number of hydrogen-bond donors (Lipinski definition) is 2. The fraction of sp³-hybridized carbons (Fsp3) is 0.185. The molecule has 1 atom stereocenters. The van der Waals surface area contributed by atoms with Gasteiger partial charge < -0.3 is 19.9 Å². The minimum Gasteiger partial charge on any atom is -0.465 e. The van der Waals surface area contributed by atoms with Crippen molar-refractivity contribution in [3.05, 3.63) is 94.1 Å². The number of nitrogens with one attached hydrogen (secondary N) is 2. The minimum atomic E-state index is -4.52. The zero-order valence-corrected chi connectivity index (χ0v) is 20.9. The van der Waals surface area contributed by atoms with Crippen LogP contribution in [0.5, 0.6) is 0 Å². The number of halogens is 4. The molecule has 192 valence electrons. The maximum absolute atomic E-state index is 13.5. The number of fused-ring (bicyclic) bond motifs is 1. The standard InChI is InChI=1S/C27H23ClF3N3O3/c1-15(16-7-9-17(10-8-16)26(36)37-3)32-25(35)24-23(21-14-19(28)11-12-22(21)34(24)2)33-20-6-4-5-18(13-20)27(29,30)31/h4-15,33H,1-3H3,(H,32,35). The first kappa shape index (κ1) is 26.1. The summed E-state index contributed by atoms with van der Waals surface area (Å²) < 4.78 is 46.2. The Labute approximate surface area is 216 Å². The first-order valence-corrected chi connectivity index (χ1v) is 11.6. The SMILES string of the molecule is COC(=O)c1ccc(C(C)NC(=O)c2c(Nc3cccc(C(F)(F)F)c3)c3cc(Cl)ccc3n2C)cc1. The first-order valence-electron chi connectivity index (χ1n) is 11.2. The second-order valence-corrected chi connectivity index (χ2v) is 8.89. The van der Waals surface area contributed by atoms with E-state index in [1.54, 1.807) is 61.0 Å². The van der Waals surface area contributed by atoms with Gasteiger partial charge in [-0.3, -0.25) is 4.79 Å². The molecule has 1 amide bonds. The molecule has 2 N–H and O–H groups in total. The number of benzene rings is 3. The van der Waals surface area contributed by atoms with E-state index < -0.39 is 29.7 Å². The van der Waals surface area contributed by atoms with Crippen molar-refractivity contribution in [1.82, 2.24) is 9.88 Å². The topological polar surface area (TPSA) is 72.4 Å². The molecule has 0 saturated carbocycles. The summed E-state index contributed by atoms with van der Waals surface area (Å²) >= 11 is 6.21. The second-order valence-electron chi connectivity index (χ2n) is 8.46. The Kier molecular flexibility index (Phi) is 7.18. The van der Waals surface area contributed by atoms with Crippen LogP contribution in [0.15, 0.2) is 66.7 Å². The Morgan fingerprint density at radius 1 is 1.03 bits per heavy atom. The quantitative estimate of drug-likeness (QED) is 0.267. The van der Waals surface area contributed by atoms with E-state index in [4.69, 9.17) is 16.3 Å². The summed E-state index contributed by atoms with van der Waals surface area (Å²) in [5.74, 6) is -0.920. The number of amides is 1. The average molecular weight is 530 g/mol. The van der Waals surface area contributed by atoms with Gasteiger partial charge in [-0.15, -0.1) is 0 Å². The van der Waals surface area contributed by atoms with E-state index in [9.17, 15) is 22.8 Å². The molecule has 1 aromatic heterocycles. The lowest BCUT2D eigenvalue weighted by molar-refractivity contribution is -0.137. The predicted octanol–water partition coefficient (Wildman–Crippen LogP) is 6.87. The maximum Gasteiger partial charge on any atom is 0.416 e. The van der Waals surface area contributed by atoms with Crippen molar-refractivity contribution in [3.63, 3.8) is 0 Å². The number of carbonyl (C=O) groups excluding carboxylic acids is 2. The molecular formula is C27H23ClF3N3O3. The van der Waals surface area contributed by atoms with Gasteiger partial charge in [0.05, 0.1) is 35.5 Å². The van der Waals surface area contributed by atoms with Crippen molar-refractivity contribution in [1.29, 1.82) is 0 Å². The third kappa shape index (κ3) is 5.41. The van der Waals surface area contributed by atoms with Crippen LogP contribution >= 0.6 is 11.6 Å². The minimum absolute atomic E-state index is 0.169. The van der Waals surface area contributed by atoms with Crippen LogP contribution in [0.3, 0.4) is 0 Å². The Bertz CT molecular complexity index is 1480. The van der Waals surface area contributed by atoms with Gasteiger partial charge in [0, 0.05) is 23.1 Å². The molecule has 6 nitrogen and oxygen atoms in total. The summed E-state index contributed by atoms with van der Waals surface area (Å²) in [6.45, 7) is 1.78. The predicted molar refractivity (Wildman–Crippen MR) is 136 cm³/mol. The lowest BCUT2D eigenvalue weighted by Crippen LogP contribution is -2.29. The number of aryl methyl sites for hydroxylation is 1. The monoisotopic (exact) mass is 529 g/mol. The van der Waals surface area contributed by atoms with Crippen molar-refractivity contribution in [3.8, 4) is 0 Å². The molecular weight excluding hydrogens is 507 g/mol. The van der Waals surface area contributed by atoms with Gasteiger partial charge in [0.15, 0.2) is 0 Å². The summed E-state index contributed by atoms with van der Waals surface area (Å²) in [6.07, 6.45) is -4.52. The van der Waals surface area contributed by atoms with E-state index in [1.807, 2.05) is 0 Å². The Balaban J connectivity index is 1.70. The summed E-state index contributed by atoms with van der Waals surface area (Å²) in [7, 11) is 2.99. The zero-order chi connectivity index (χ0) is 26.9. The van der Waals surface area contributed by atoms with E-state index >= 15 is 0 Å². The summed E-state index contributed by atoms with van der Waals surface area (Å²) in [6, 6.07) is 16.0. The van der Waals surface area contributed by atoms with Crippen LogP contribution in [0.4, 0.5) is 24.5 Å². The van der Waals surface area contributed by atoms with Crippen LogP contribution < -0.4 is 10.6 Å². The Morgan fingerprint density at radius 2 is 1.73 bits per heavy atom. The molecule has 10 heteroatoms. The van der Waals surface area contributed by atoms with Crippen LogP contribution in [0.2, 0.25) is 5.02 Å². The number of methoxy groups -OCH3 is 1. The average Bonchev–Trinajstić information content (AvgIpc) is 3.13. The van der Waals surface area contributed by atoms with Gasteiger partial charge in [0.25, 0.3) is 5.91 Å². The fourth-order valence-electron chi connectivity index (χ4n) is 4.10. The third-order valence-corrected chi connectivity index (χ3v) is 6.25. The number of alkyl halides is 3. The van der Waals surface area contributed by atoms with Gasteiger partial charge in [0.2, 0.25) is 0 Å². The van der Waals surface area contributed by atoms with E-state index in [1.165, 1.54) is 19.2 Å². The molecule has 0 fully saturated rings. The van der Waals surface area contributed by atoms with Crippen LogP contribution in [0, 0.1) is 0 Å². The Hall–Kier alpha value is -3.98. The number of rotatable bonds is 6. The zero-order valence-electron chi connectivity index (χ0n) is 20.1. The van der Waals surface area contributed by atoms with Gasteiger partial charge in [-0.1, -0.05) is 29.8 Å². The van der Waals surface area contributed by atoms with Crippen LogP contribution in [-0.2, 0) is 18.0 Å². The highest BCUT2D eigenvalue weighted by Gasteiger charge is 2.31. The highest BCUT2D eigenvalue weighted by molar-refractivity contribution is 6.31. The van der Waals surface area contributed by atoms with Crippen molar-refractivity contribution in [2.45, 2.75) is 19.1 Å². The molecule has 1 heterocycles. The van der Waals surface area contributed by atoms with E-state index in [2.05, 4.69) is 10.6 Å². The molecule has 4 rings (SSSR count).